The van der Waals surface area contributed by atoms with Crippen molar-refractivity contribution in [1.29, 1.82) is 0 Å². The van der Waals surface area contributed by atoms with Crippen LogP contribution in [0.2, 0.25) is 5.02 Å². The van der Waals surface area contributed by atoms with Crippen molar-refractivity contribution in [3.05, 3.63) is 58.9 Å². The third-order valence-corrected chi connectivity index (χ3v) is 3.77. The molecule has 126 valence electrons. The SMILES string of the molecule is CN(CCc1ccccn1)C(=O)CNC(=O)c1ccc(O)c(Cl)c1. The Balaban J connectivity index is 1.81. The Morgan fingerprint density at radius 1 is 1.29 bits per heavy atom. The first-order chi connectivity index (χ1) is 11.5. The number of phenols is 1. The number of benzene rings is 1. The summed E-state index contributed by atoms with van der Waals surface area (Å²) in [5.74, 6) is -0.730. The van der Waals surface area contributed by atoms with Gasteiger partial charge >= 0.3 is 0 Å². The van der Waals surface area contributed by atoms with E-state index in [2.05, 4.69) is 10.3 Å². The van der Waals surface area contributed by atoms with Crippen molar-refractivity contribution in [1.82, 2.24) is 15.2 Å². The van der Waals surface area contributed by atoms with Gasteiger partial charge < -0.3 is 15.3 Å². The first kappa shape index (κ1) is 17.7. The fourth-order valence-corrected chi connectivity index (χ4v) is 2.17. The van der Waals surface area contributed by atoms with Crippen LogP contribution in [0.15, 0.2) is 42.6 Å². The second-order valence-electron chi connectivity index (χ2n) is 5.24. The largest absolute Gasteiger partial charge is 0.506 e. The molecule has 6 nitrogen and oxygen atoms in total. The summed E-state index contributed by atoms with van der Waals surface area (Å²) in [6.07, 6.45) is 2.35. The smallest absolute Gasteiger partial charge is 0.251 e. The Labute approximate surface area is 145 Å². The number of aromatic hydroxyl groups is 1. The van der Waals surface area contributed by atoms with Crippen molar-refractivity contribution in [3.8, 4) is 5.75 Å². The van der Waals surface area contributed by atoms with Gasteiger partial charge in [0, 0.05) is 37.5 Å². The standard InChI is InChI=1S/C17H18ClN3O3/c1-21(9-7-13-4-2-3-8-19-13)16(23)11-20-17(24)12-5-6-15(22)14(18)10-12/h2-6,8,10,22H,7,9,11H2,1H3,(H,20,24). The first-order valence-electron chi connectivity index (χ1n) is 7.38. The molecule has 0 aliphatic heterocycles. The highest BCUT2D eigenvalue weighted by Gasteiger charge is 2.13. The van der Waals surface area contributed by atoms with E-state index in [4.69, 9.17) is 11.6 Å². The number of rotatable bonds is 6. The Morgan fingerprint density at radius 3 is 2.75 bits per heavy atom. The number of aromatic nitrogens is 1. The van der Waals surface area contributed by atoms with E-state index in [1.165, 1.54) is 18.2 Å². The van der Waals surface area contributed by atoms with Crippen LogP contribution < -0.4 is 5.32 Å². The number of hydrogen-bond donors (Lipinski definition) is 2. The lowest BCUT2D eigenvalue weighted by Gasteiger charge is -2.17. The fourth-order valence-electron chi connectivity index (χ4n) is 1.99. The van der Waals surface area contributed by atoms with E-state index in [1.807, 2.05) is 18.2 Å². The lowest BCUT2D eigenvalue weighted by molar-refractivity contribution is -0.128. The summed E-state index contributed by atoms with van der Waals surface area (Å²) in [7, 11) is 1.68. The molecule has 0 spiro atoms. The van der Waals surface area contributed by atoms with Crippen molar-refractivity contribution in [2.24, 2.45) is 0 Å². The van der Waals surface area contributed by atoms with Crippen LogP contribution in [0.4, 0.5) is 0 Å². The predicted octanol–water partition coefficient (Wildman–Crippen LogP) is 1.87. The van der Waals surface area contributed by atoms with Crippen LogP contribution in [0.3, 0.4) is 0 Å². The Bertz CT molecular complexity index is 722. The molecule has 1 aromatic heterocycles. The van der Waals surface area contributed by atoms with E-state index in [-0.39, 0.29) is 28.8 Å². The van der Waals surface area contributed by atoms with Gasteiger partial charge in [0.1, 0.15) is 5.75 Å². The van der Waals surface area contributed by atoms with Gasteiger partial charge in [-0.25, -0.2) is 0 Å². The fraction of sp³-hybridized carbons (Fsp3) is 0.235. The molecule has 0 saturated heterocycles. The number of nitrogens with one attached hydrogen (secondary N) is 1. The van der Waals surface area contributed by atoms with E-state index in [0.717, 1.165) is 5.69 Å². The quantitative estimate of drug-likeness (QED) is 0.835. The molecule has 0 atom stereocenters. The molecule has 24 heavy (non-hydrogen) atoms. The molecule has 0 radical (unpaired) electrons. The van der Waals surface area contributed by atoms with E-state index in [9.17, 15) is 14.7 Å². The van der Waals surface area contributed by atoms with Crippen LogP contribution >= 0.6 is 11.6 Å². The van der Waals surface area contributed by atoms with Crippen LogP contribution in [0.5, 0.6) is 5.75 Å². The third-order valence-electron chi connectivity index (χ3n) is 3.47. The molecule has 1 heterocycles. The van der Waals surface area contributed by atoms with Gasteiger partial charge in [-0.2, -0.15) is 0 Å². The number of nitrogens with zero attached hydrogens (tertiary/aromatic N) is 2. The molecule has 0 aliphatic carbocycles. The van der Waals surface area contributed by atoms with Crippen molar-refractivity contribution >= 4 is 23.4 Å². The molecule has 2 amide bonds. The third kappa shape index (κ3) is 4.96. The molecule has 0 aliphatic rings. The summed E-state index contributed by atoms with van der Waals surface area (Å²) in [5.41, 5.74) is 1.18. The molecule has 2 rings (SSSR count). The summed E-state index contributed by atoms with van der Waals surface area (Å²) >= 11 is 5.76. The highest BCUT2D eigenvalue weighted by atomic mass is 35.5. The maximum atomic E-state index is 12.0. The Morgan fingerprint density at radius 2 is 2.08 bits per heavy atom. The zero-order valence-electron chi connectivity index (χ0n) is 13.2. The van der Waals surface area contributed by atoms with Gasteiger partial charge in [0.2, 0.25) is 5.91 Å². The molecule has 0 bridgehead atoms. The predicted molar refractivity (Wildman–Crippen MR) is 91.0 cm³/mol. The molecule has 0 unspecified atom stereocenters. The van der Waals surface area contributed by atoms with Crippen LogP contribution in [-0.2, 0) is 11.2 Å². The summed E-state index contributed by atoms with van der Waals surface area (Å²) < 4.78 is 0. The highest BCUT2D eigenvalue weighted by Crippen LogP contribution is 2.23. The molecular formula is C17H18ClN3O3. The number of hydrogen-bond acceptors (Lipinski definition) is 4. The minimum atomic E-state index is -0.427. The summed E-state index contributed by atoms with van der Waals surface area (Å²) in [4.78, 5) is 29.8. The Kier molecular flexibility index (Phi) is 6.14. The average molecular weight is 348 g/mol. The first-order valence-corrected chi connectivity index (χ1v) is 7.76. The van der Waals surface area contributed by atoms with Crippen molar-refractivity contribution in [3.63, 3.8) is 0 Å². The van der Waals surface area contributed by atoms with Crippen LogP contribution in [-0.4, -0.2) is 46.9 Å². The molecule has 0 fully saturated rings. The number of carbonyl (C=O) groups is 2. The van der Waals surface area contributed by atoms with Crippen LogP contribution in [0.25, 0.3) is 0 Å². The van der Waals surface area contributed by atoms with Crippen molar-refractivity contribution < 1.29 is 14.7 Å². The second-order valence-corrected chi connectivity index (χ2v) is 5.64. The van der Waals surface area contributed by atoms with E-state index in [1.54, 1.807) is 18.1 Å². The lowest BCUT2D eigenvalue weighted by atomic mass is 10.2. The average Bonchev–Trinajstić information content (AvgIpc) is 2.60. The van der Waals surface area contributed by atoms with Gasteiger partial charge in [-0.05, 0) is 30.3 Å². The molecular weight excluding hydrogens is 330 g/mol. The zero-order valence-corrected chi connectivity index (χ0v) is 14.0. The topological polar surface area (TPSA) is 82.5 Å². The molecule has 0 saturated carbocycles. The summed E-state index contributed by atoms with van der Waals surface area (Å²) in [6.45, 7) is 0.396. The zero-order chi connectivity index (χ0) is 17.5. The van der Waals surface area contributed by atoms with Gasteiger partial charge in [-0.15, -0.1) is 0 Å². The van der Waals surface area contributed by atoms with Crippen molar-refractivity contribution in [2.75, 3.05) is 20.1 Å². The van der Waals surface area contributed by atoms with E-state index < -0.39 is 5.91 Å². The normalized spacial score (nSPS) is 10.2. The minimum Gasteiger partial charge on any atom is -0.506 e. The number of carbonyl (C=O) groups excluding carboxylic acids is 2. The molecule has 2 N–H and O–H groups in total. The van der Waals surface area contributed by atoms with Gasteiger partial charge in [0.15, 0.2) is 0 Å². The molecule has 2 aromatic rings. The second kappa shape index (κ2) is 8.31. The minimum absolute atomic E-state index is 0.0847. The molecule has 1 aromatic carbocycles. The number of pyridine rings is 1. The van der Waals surface area contributed by atoms with Crippen molar-refractivity contribution in [2.45, 2.75) is 6.42 Å². The monoisotopic (exact) mass is 347 g/mol. The Hall–Kier alpha value is -2.60. The van der Waals surface area contributed by atoms with E-state index in [0.29, 0.717) is 13.0 Å². The maximum absolute atomic E-state index is 12.0. The maximum Gasteiger partial charge on any atom is 0.251 e. The highest BCUT2D eigenvalue weighted by molar-refractivity contribution is 6.32. The molecule has 7 heteroatoms. The number of phenolic OH excluding ortho intramolecular Hbond substituents is 1. The van der Waals surface area contributed by atoms with Gasteiger partial charge in [-0.3, -0.25) is 14.6 Å². The summed E-state index contributed by atoms with van der Waals surface area (Å²) in [5, 5.41) is 12.0. The summed E-state index contributed by atoms with van der Waals surface area (Å²) in [6, 6.07) is 9.75. The van der Waals surface area contributed by atoms with Crippen LogP contribution in [0, 0.1) is 0 Å². The van der Waals surface area contributed by atoms with E-state index >= 15 is 0 Å². The number of likely N-dealkylation sites (N-methyl/N-ethyl adjacent to an activating group) is 1. The number of amides is 2. The van der Waals surface area contributed by atoms with Gasteiger partial charge in [-0.1, -0.05) is 17.7 Å². The van der Waals surface area contributed by atoms with Crippen LogP contribution in [0.1, 0.15) is 16.1 Å². The number of halogens is 1. The lowest BCUT2D eigenvalue weighted by Crippen LogP contribution is -2.39. The van der Waals surface area contributed by atoms with Gasteiger partial charge in [0.05, 0.1) is 11.6 Å². The van der Waals surface area contributed by atoms with Gasteiger partial charge in [0.25, 0.3) is 5.91 Å².